The van der Waals surface area contributed by atoms with Crippen LogP contribution in [0.1, 0.15) is 27.2 Å². The molecule has 1 aliphatic heterocycles. The van der Waals surface area contributed by atoms with E-state index in [1.54, 1.807) is 23.2 Å². The van der Waals surface area contributed by atoms with Gasteiger partial charge in [-0.1, -0.05) is 18.2 Å². The molecule has 0 radical (unpaired) electrons. The largest absolute Gasteiger partial charge is 0.480 e. The molecule has 3 aromatic rings. The number of anilines is 1. The Morgan fingerprint density at radius 1 is 1.16 bits per heavy atom. The lowest BCUT2D eigenvalue weighted by Crippen LogP contribution is -2.36. The number of likely N-dealkylation sites (tertiary alicyclic amines) is 1. The Hall–Kier alpha value is -3.55. The van der Waals surface area contributed by atoms with E-state index >= 15 is 0 Å². The number of fused-ring (bicyclic) bond motifs is 1. The summed E-state index contributed by atoms with van der Waals surface area (Å²) >= 11 is 0. The zero-order valence-electron chi connectivity index (χ0n) is 18.8. The van der Waals surface area contributed by atoms with Crippen molar-refractivity contribution in [2.75, 3.05) is 25.5 Å². The second-order valence-corrected chi connectivity index (χ2v) is 8.86. The third kappa shape index (κ3) is 4.54. The number of rotatable bonds is 4. The Morgan fingerprint density at radius 2 is 1.91 bits per heavy atom. The first-order valence-corrected chi connectivity index (χ1v) is 10.7. The van der Waals surface area contributed by atoms with Gasteiger partial charge in [0.2, 0.25) is 5.88 Å². The highest BCUT2D eigenvalue weighted by Gasteiger charge is 2.29. The number of nitrogens with zero attached hydrogens (tertiary/aromatic N) is 3. The van der Waals surface area contributed by atoms with Crippen LogP contribution < -0.4 is 15.6 Å². The van der Waals surface area contributed by atoms with Crippen molar-refractivity contribution in [2.45, 2.75) is 38.8 Å². The third-order valence-corrected chi connectivity index (χ3v) is 5.28. The molecule has 3 heterocycles. The van der Waals surface area contributed by atoms with Gasteiger partial charge in [-0.3, -0.25) is 9.20 Å². The van der Waals surface area contributed by atoms with Gasteiger partial charge in [0.15, 0.2) is 0 Å². The van der Waals surface area contributed by atoms with Crippen molar-refractivity contribution in [3.05, 3.63) is 59.0 Å². The van der Waals surface area contributed by atoms with Crippen LogP contribution in [0, 0.1) is 0 Å². The zero-order chi connectivity index (χ0) is 22.9. The molecule has 1 unspecified atom stereocenters. The van der Waals surface area contributed by atoms with E-state index in [0.29, 0.717) is 30.2 Å². The van der Waals surface area contributed by atoms with E-state index in [4.69, 9.17) is 9.47 Å². The second kappa shape index (κ2) is 8.53. The molecule has 1 fully saturated rings. The fourth-order valence-corrected chi connectivity index (χ4v) is 3.80. The van der Waals surface area contributed by atoms with Gasteiger partial charge in [-0.25, -0.2) is 4.79 Å². The maximum absolute atomic E-state index is 13.0. The van der Waals surface area contributed by atoms with E-state index in [2.05, 4.69) is 10.3 Å². The van der Waals surface area contributed by atoms with Gasteiger partial charge in [-0.05, 0) is 57.0 Å². The van der Waals surface area contributed by atoms with Gasteiger partial charge in [0.1, 0.15) is 16.8 Å². The molecule has 0 bridgehead atoms. The fourth-order valence-electron chi connectivity index (χ4n) is 3.80. The minimum absolute atomic E-state index is 0.135. The molecule has 0 aliphatic carbocycles. The number of nitrogens with one attached hydrogen (secondary N) is 1. The maximum atomic E-state index is 13.0. The number of hydrogen-bond donors (Lipinski definition) is 1. The highest BCUT2D eigenvalue weighted by molar-refractivity contribution is 5.71. The molecule has 0 saturated carbocycles. The Morgan fingerprint density at radius 3 is 2.59 bits per heavy atom. The molecule has 1 aliphatic rings. The summed E-state index contributed by atoms with van der Waals surface area (Å²) in [7, 11) is 1.51. The van der Waals surface area contributed by atoms with E-state index in [1.807, 2.05) is 51.1 Å². The standard InChI is InChI=1S/C24H28N4O4/c1-24(2,3)32-23(30)27-14-12-18(15-27)25-17-10-8-16(9-11-17)20-21(31-4)26-19-7-5-6-13-28(19)22(20)29/h5-11,13,18,25H,12,14-15H2,1-4H3. The van der Waals surface area contributed by atoms with Gasteiger partial charge in [0, 0.05) is 31.0 Å². The topological polar surface area (TPSA) is 85.2 Å². The van der Waals surface area contributed by atoms with Crippen LogP contribution in [0.5, 0.6) is 5.88 Å². The Kier molecular flexibility index (Phi) is 5.78. The van der Waals surface area contributed by atoms with Crippen molar-refractivity contribution in [3.63, 3.8) is 0 Å². The van der Waals surface area contributed by atoms with Crippen LogP contribution in [0.25, 0.3) is 16.8 Å². The summed E-state index contributed by atoms with van der Waals surface area (Å²) < 4.78 is 12.4. The summed E-state index contributed by atoms with van der Waals surface area (Å²) in [6, 6.07) is 13.1. The quantitative estimate of drug-likeness (QED) is 0.670. The Labute approximate surface area is 186 Å². The molecule has 1 atom stereocenters. The average molecular weight is 437 g/mol. The lowest BCUT2D eigenvalue weighted by molar-refractivity contribution is 0.0293. The molecule has 4 rings (SSSR count). The number of carbonyl (C=O) groups is 1. The summed E-state index contributed by atoms with van der Waals surface area (Å²) in [6.45, 7) is 6.83. The first kappa shape index (κ1) is 21.7. The molecule has 8 heteroatoms. The van der Waals surface area contributed by atoms with Gasteiger partial charge >= 0.3 is 6.09 Å². The fraction of sp³-hybridized carbons (Fsp3) is 0.375. The van der Waals surface area contributed by atoms with Crippen LogP contribution in [0.4, 0.5) is 10.5 Å². The van der Waals surface area contributed by atoms with E-state index in [0.717, 1.165) is 17.7 Å². The lowest BCUT2D eigenvalue weighted by Gasteiger charge is -2.24. The molecule has 1 amide bonds. The van der Waals surface area contributed by atoms with Crippen molar-refractivity contribution in [3.8, 4) is 17.0 Å². The van der Waals surface area contributed by atoms with E-state index in [-0.39, 0.29) is 17.7 Å². The zero-order valence-corrected chi connectivity index (χ0v) is 18.8. The summed E-state index contributed by atoms with van der Waals surface area (Å²) in [5, 5.41) is 3.46. The molecular weight excluding hydrogens is 408 g/mol. The molecule has 1 N–H and O–H groups in total. The van der Waals surface area contributed by atoms with Gasteiger partial charge in [-0.15, -0.1) is 0 Å². The minimum atomic E-state index is -0.504. The normalized spacial score (nSPS) is 16.2. The molecular formula is C24H28N4O4. The van der Waals surface area contributed by atoms with Crippen molar-refractivity contribution in [1.29, 1.82) is 0 Å². The predicted molar refractivity (Wildman–Crippen MR) is 123 cm³/mol. The molecule has 1 aromatic carbocycles. The van der Waals surface area contributed by atoms with Gasteiger partial charge in [0.05, 0.1) is 7.11 Å². The molecule has 8 nitrogen and oxygen atoms in total. The SMILES string of the molecule is COc1nc2ccccn2c(=O)c1-c1ccc(NC2CCN(C(=O)OC(C)(C)C)C2)cc1. The first-order valence-electron chi connectivity index (χ1n) is 10.7. The van der Waals surface area contributed by atoms with Crippen LogP contribution in [-0.4, -0.2) is 52.2 Å². The maximum Gasteiger partial charge on any atom is 0.410 e. The summed E-state index contributed by atoms with van der Waals surface area (Å²) in [5.41, 5.74) is 1.90. The molecule has 32 heavy (non-hydrogen) atoms. The van der Waals surface area contributed by atoms with E-state index in [1.165, 1.54) is 11.5 Å². The van der Waals surface area contributed by atoms with Crippen molar-refractivity contribution in [1.82, 2.24) is 14.3 Å². The summed E-state index contributed by atoms with van der Waals surface area (Å²) in [4.78, 5) is 31.5. The lowest BCUT2D eigenvalue weighted by atomic mass is 10.1. The van der Waals surface area contributed by atoms with Gasteiger partial charge in [-0.2, -0.15) is 4.98 Å². The highest BCUT2D eigenvalue weighted by atomic mass is 16.6. The van der Waals surface area contributed by atoms with Crippen LogP contribution in [0.15, 0.2) is 53.5 Å². The molecule has 2 aromatic heterocycles. The molecule has 168 valence electrons. The third-order valence-electron chi connectivity index (χ3n) is 5.28. The highest BCUT2D eigenvalue weighted by Crippen LogP contribution is 2.27. The second-order valence-electron chi connectivity index (χ2n) is 8.86. The number of methoxy groups -OCH3 is 1. The van der Waals surface area contributed by atoms with Gasteiger partial charge in [0.25, 0.3) is 5.56 Å². The van der Waals surface area contributed by atoms with E-state index in [9.17, 15) is 9.59 Å². The van der Waals surface area contributed by atoms with Crippen molar-refractivity contribution < 1.29 is 14.3 Å². The average Bonchev–Trinajstić information content (AvgIpc) is 3.22. The Balaban J connectivity index is 1.50. The summed E-state index contributed by atoms with van der Waals surface area (Å²) in [6.07, 6.45) is 2.25. The van der Waals surface area contributed by atoms with Gasteiger partial charge < -0.3 is 19.7 Å². The number of hydrogen-bond acceptors (Lipinski definition) is 6. The molecule has 0 spiro atoms. The predicted octanol–water partition coefficient (Wildman–Crippen LogP) is 3.79. The van der Waals surface area contributed by atoms with Crippen LogP contribution in [0.3, 0.4) is 0 Å². The minimum Gasteiger partial charge on any atom is -0.480 e. The number of amides is 1. The number of pyridine rings is 1. The van der Waals surface area contributed by atoms with Crippen LogP contribution >= 0.6 is 0 Å². The first-order chi connectivity index (χ1) is 15.2. The number of aromatic nitrogens is 2. The number of carbonyl (C=O) groups excluding carboxylic acids is 1. The van der Waals surface area contributed by atoms with Crippen molar-refractivity contribution >= 4 is 17.4 Å². The number of benzene rings is 1. The Bertz CT molecular complexity index is 1180. The van der Waals surface area contributed by atoms with Crippen LogP contribution in [-0.2, 0) is 4.74 Å². The van der Waals surface area contributed by atoms with Crippen molar-refractivity contribution in [2.24, 2.45) is 0 Å². The van der Waals surface area contributed by atoms with Crippen LogP contribution in [0.2, 0.25) is 0 Å². The monoisotopic (exact) mass is 436 g/mol. The van der Waals surface area contributed by atoms with E-state index < -0.39 is 5.60 Å². The number of ether oxygens (including phenoxy) is 2. The molecule has 1 saturated heterocycles. The summed E-state index contributed by atoms with van der Waals surface area (Å²) in [5.74, 6) is 0.297. The smallest absolute Gasteiger partial charge is 0.410 e.